The first-order valence-electron chi connectivity index (χ1n) is 10.3. The molecule has 2 atom stereocenters. The Morgan fingerprint density at radius 3 is 2.52 bits per heavy atom. The minimum absolute atomic E-state index is 0.0157. The number of urea groups is 1. The van der Waals surface area contributed by atoms with E-state index in [9.17, 15) is 4.79 Å². The van der Waals surface area contributed by atoms with Gasteiger partial charge in [0.15, 0.2) is 0 Å². The van der Waals surface area contributed by atoms with Gasteiger partial charge in [-0.1, -0.05) is 64.8 Å². The molecule has 0 saturated carbocycles. The molecule has 1 aromatic rings. The van der Waals surface area contributed by atoms with Crippen LogP contribution >= 0.6 is 0 Å². The lowest BCUT2D eigenvalue weighted by Crippen LogP contribution is -2.66. The highest BCUT2D eigenvalue weighted by atomic mass is 16.5. The topological polar surface area (TPSA) is 41.6 Å². The minimum Gasteiger partial charge on any atom is -0.373 e. The number of nitrogens with zero attached hydrogens (tertiary/aromatic N) is 1. The van der Waals surface area contributed by atoms with Crippen LogP contribution in [0.4, 0.5) is 4.79 Å². The minimum atomic E-state index is -0.418. The molecular formula is C23H38N2O2. The van der Waals surface area contributed by atoms with Crippen LogP contribution in [-0.2, 0) is 4.74 Å². The molecule has 27 heavy (non-hydrogen) atoms. The monoisotopic (exact) mass is 374 g/mol. The largest absolute Gasteiger partial charge is 0.373 e. The number of carbonyl (C=O) groups is 1. The van der Waals surface area contributed by atoms with Gasteiger partial charge < -0.3 is 15.0 Å². The van der Waals surface area contributed by atoms with Crippen LogP contribution in [0.5, 0.6) is 0 Å². The van der Waals surface area contributed by atoms with Crippen molar-refractivity contribution in [2.24, 2.45) is 5.41 Å². The summed E-state index contributed by atoms with van der Waals surface area (Å²) < 4.78 is 6.38. The Morgan fingerprint density at radius 1 is 1.26 bits per heavy atom. The van der Waals surface area contributed by atoms with Crippen LogP contribution in [0.1, 0.15) is 78.0 Å². The van der Waals surface area contributed by atoms with Gasteiger partial charge in [0.25, 0.3) is 0 Å². The third-order valence-electron chi connectivity index (χ3n) is 5.60. The van der Waals surface area contributed by atoms with Crippen molar-refractivity contribution in [2.75, 3.05) is 13.2 Å². The number of rotatable bonds is 5. The predicted molar refractivity (Wildman–Crippen MR) is 112 cm³/mol. The Labute approximate surface area is 165 Å². The molecular weight excluding hydrogens is 336 g/mol. The van der Waals surface area contributed by atoms with Gasteiger partial charge in [0.05, 0.1) is 24.3 Å². The average Bonchev–Trinajstić information content (AvgIpc) is 2.56. The maximum absolute atomic E-state index is 13.3. The maximum atomic E-state index is 13.3. The smallest absolute Gasteiger partial charge is 0.318 e. The van der Waals surface area contributed by atoms with Crippen molar-refractivity contribution in [1.29, 1.82) is 0 Å². The van der Waals surface area contributed by atoms with E-state index in [4.69, 9.17) is 4.74 Å². The van der Waals surface area contributed by atoms with Crippen LogP contribution in [0.3, 0.4) is 0 Å². The van der Waals surface area contributed by atoms with Gasteiger partial charge in [-0.2, -0.15) is 0 Å². The quantitative estimate of drug-likeness (QED) is 0.695. The van der Waals surface area contributed by atoms with Gasteiger partial charge in [-0.3, -0.25) is 0 Å². The summed E-state index contributed by atoms with van der Waals surface area (Å²) in [6.45, 7) is 16.4. The zero-order valence-electron chi connectivity index (χ0n) is 18.3. The van der Waals surface area contributed by atoms with E-state index in [1.807, 2.05) is 17.0 Å². The Kier molecular flexibility index (Phi) is 6.96. The molecule has 4 heteroatoms. The van der Waals surface area contributed by atoms with E-state index in [-0.39, 0.29) is 23.6 Å². The Balaban J connectivity index is 2.36. The van der Waals surface area contributed by atoms with Gasteiger partial charge in [0, 0.05) is 6.54 Å². The number of hydrogen-bond acceptors (Lipinski definition) is 2. The molecule has 1 heterocycles. The lowest BCUT2D eigenvalue weighted by atomic mass is 9.75. The third kappa shape index (κ3) is 4.84. The molecule has 4 nitrogen and oxygen atoms in total. The number of hydrogen-bond donors (Lipinski definition) is 1. The van der Waals surface area contributed by atoms with E-state index in [1.54, 1.807) is 0 Å². The first-order valence-corrected chi connectivity index (χ1v) is 10.3. The van der Waals surface area contributed by atoms with E-state index in [0.29, 0.717) is 6.61 Å². The second-order valence-electron chi connectivity index (χ2n) is 9.41. The summed E-state index contributed by atoms with van der Waals surface area (Å²) in [4.78, 5) is 15.3. The van der Waals surface area contributed by atoms with Gasteiger partial charge in [0.1, 0.15) is 0 Å². The van der Waals surface area contributed by atoms with Crippen LogP contribution in [0.25, 0.3) is 0 Å². The van der Waals surface area contributed by atoms with E-state index >= 15 is 0 Å². The number of aryl methyl sites for hydroxylation is 1. The SMILES string of the molecule is CCCCCNC(=O)N1C(c2ccccc2C)COC(C(C)(C)C)C1(C)C. The molecule has 1 fully saturated rings. The van der Waals surface area contributed by atoms with Crippen molar-refractivity contribution < 1.29 is 9.53 Å². The highest BCUT2D eigenvalue weighted by Gasteiger charge is 2.51. The lowest BCUT2D eigenvalue weighted by molar-refractivity contribution is -0.162. The van der Waals surface area contributed by atoms with Crippen molar-refractivity contribution in [3.8, 4) is 0 Å². The number of ether oxygens (including phenoxy) is 1. The van der Waals surface area contributed by atoms with E-state index < -0.39 is 5.54 Å². The average molecular weight is 375 g/mol. The predicted octanol–water partition coefficient (Wildman–Crippen LogP) is 5.46. The van der Waals surface area contributed by atoms with E-state index in [2.05, 4.69) is 65.9 Å². The molecule has 1 N–H and O–H groups in total. The number of unbranched alkanes of at least 4 members (excludes halogenated alkanes) is 2. The van der Waals surface area contributed by atoms with Gasteiger partial charge in [-0.15, -0.1) is 0 Å². The summed E-state index contributed by atoms with van der Waals surface area (Å²) in [6.07, 6.45) is 3.27. The van der Waals surface area contributed by atoms with Crippen molar-refractivity contribution >= 4 is 6.03 Å². The summed E-state index contributed by atoms with van der Waals surface area (Å²) >= 11 is 0. The third-order valence-corrected chi connectivity index (χ3v) is 5.60. The van der Waals surface area contributed by atoms with Gasteiger partial charge in [0.2, 0.25) is 0 Å². The van der Waals surface area contributed by atoms with Crippen LogP contribution in [-0.4, -0.2) is 35.7 Å². The zero-order chi connectivity index (χ0) is 20.2. The second-order valence-corrected chi connectivity index (χ2v) is 9.41. The molecule has 1 aliphatic heterocycles. The van der Waals surface area contributed by atoms with Crippen LogP contribution in [0.15, 0.2) is 24.3 Å². The molecule has 0 aliphatic carbocycles. The van der Waals surface area contributed by atoms with Gasteiger partial charge >= 0.3 is 6.03 Å². The first-order chi connectivity index (χ1) is 12.6. The molecule has 2 unspecified atom stereocenters. The summed E-state index contributed by atoms with van der Waals surface area (Å²) in [7, 11) is 0. The molecule has 2 amide bonds. The van der Waals surface area contributed by atoms with Crippen LogP contribution in [0, 0.1) is 12.3 Å². The molecule has 1 aromatic carbocycles. The number of morpholine rings is 1. The molecule has 0 bridgehead atoms. The fraction of sp³-hybridized carbons (Fsp3) is 0.696. The Morgan fingerprint density at radius 2 is 1.93 bits per heavy atom. The van der Waals surface area contributed by atoms with Gasteiger partial charge in [-0.25, -0.2) is 4.79 Å². The molecule has 152 valence electrons. The molecule has 1 saturated heterocycles. The number of benzene rings is 1. The van der Waals surface area contributed by atoms with Crippen molar-refractivity contribution in [2.45, 2.75) is 85.4 Å². The van der Waals surface area contributed by atoms with Crippen LogP contribution in [0.2, 0.25) is 0 Å². The highest BCUT2D eigenvalue weighted by molar-refractivity contribution is 5.76. The van der Waals surface area contributed by atoms with Crippen molar-refractivity contribution in [3.63, 3.8) is 0 Å². The standard InChI is InChI=1S/C23H38N2O2/c1-8-9-12-15-24-21(26)25-19(18-14-11-10-13-17(18)2)16-27-20(22(3,4)5)23(25,6)7/h10-11,13-14,19-20H,8-9,12,15-16H2,1-7H3,(H,24,26). The Hall–Kier alpha value is -1.55. The summed E-state index contributed by atoms with van der Waals surface area (Å²) in [5.41, 5.74) is 1.89. The second kappa shape index (κ2) is 8.64. The lowest BCUT2D eigenvalue weighted by Gasteiger charge is -2.55. The van der Waals surface area contributed by atoms with E-state index in [0.717, 1.165) is 25.8 Å². The highest BCUT2D eigenvalue weighted by Crippen LogP contribution is 2.43. The maximum Gasteiger partial charge on any atom is 0.318 e. The molecule has 0 radical (unpaired) electrons. The van der Waals surface area contributed by atoms with Gasteiger partial charge in [-0.05, 0) is 43.7 Å². The van der Waals surface area contributed by atoms with Crippen molar-refractivity contribution in [1.82, 2.24) is 10.2 Å². The summed E-state index contributed by atoms with van der Waals surface area (Å²) in [5.74, 6) is 0. The molecule has 1 aliphatic rings. The molecule has 2 rings (SSSR count). The number of carbonyl (C=O) groups excluding carboxylic acids is 1. The molecule has 0 aromatic heterocycles. The summed E-state index contributed by atoms with van der Waals surface area (Å²) in [6, 6.07) is 8.25. The normalized spacial score (nSPS) is 22.6. The number of amides is 2. The number of nitrogens with one attached hydrogen (secondary N) is 1. The fourth-order valence-electron chi connectivity index (χ4n) is 4.55. The Bertz CT molecular complexity index is 634. The summed E-state index contributed by atoms with van der Waals surface area (Å²) in [5, 5.41) is 3.17. The molecule has 0 spiro atoms. The zero-order valence-corrected chi connectivity index (χ0v) is 18.3. The first kappa shape index (κ1) is 21.7. The fourth-order valence-corrected chi connectivity index (χ4v) is 4.55. The van der Waals surface area contributed by atoms with Crippen molar-refractivity contribution in [3.05, 3.63) is 35.4 Å². The van der Waals surface area contributed by atoms with Crippen LogP contribution < -0.4 is 5.32 Å². The van der Waals surface area contributed by atoms with E-state index in [1.165, 1.54) is 11.1 Å².